The largest absolute Gasteiger partial charge is 0.772 e. The molecule has 1 fully saturated rings. The highest BCUT2D eigenvalue weighted by atomic mass is 32.2. The quantitative estimate of drug-likeness (QED) is 0.721. The van der Waals surface area contributed by atoms with E-state index in [0.717, 1.165) is 5.92 Å². The normalized spacial score (nSPS) is 17.0. The Morgan fingerprint density at radius 1 is 1.30 bits per heavy atom. The van der Waals surface area contributed by atoms with Crippen molar-refractivity contribution < 1.29 is 8.76 Å². The molecule has 1 aromatic heterocycles. The lowest BCUT2D eigenvalue weighted by atomic mass is 9.85. The van der Waals surface area contributed by atoms with E-state index >= 15 is 0 Å². The van der Waals surface area contributed by atoms with Crippen LogP contribution in [0, 0.1) is 5.92 Å². The molecule has 3 nitrogen and oxygen atoms in total. The Kier molecular flexibility index (Phi) is 7.66. The second-order valence-corrected chi connectivity index (χ2v) is 8.86. The highest BCUT2D eigenvalue weighted by Crippen LogP contribution is 2.28. The van der Waals surface area contributed by atoms with Crippen LogP contribution in [0.4, 0.5) is 0 Å². The minimum Gasteiger partial charge on any atom is -0.772 e. The van der Waals surface area contributed by atoms with Crippen LogP contribution in [0.25, 0.3) is 10.2 Å². The molecule has 128 valence electrons. The molecule has 1 aromatic carbocycles. The fraction of sp³-hybridized carbons (Fsp3) is 0.611. The maximum Gasteiger partial charge on any atom is 0.0814 e. The topological polar surface area (TPSA) is 53.0 Å². The number of hydrogen-bond acceptors (Lipinski definition) is 4. The summed E-state index contributed by atoms with van der Waals surface area (Å²) < 4.78 is 20.7. The number of aryl methyl sites for hydroxylation is 1. The van der Waals surface area contributed by atoms with Crippen LogP contribution < -0.4 is 0 Å². The van der Waals surface area contributed by atoms with E-state index < -0.39 is 11.1 Å². The van der Waals surface area contributed by atoms with Crippen molar-refractivity contribution in [1.29, 1.82) is 0 Å². The van der Waals surface area contributed by atoms with E-state index in [1.165, 1.54) is 60.7 Å². The van der Waals surface area contributed by atoms with Gasteiger partial charge in [0.1, 0.15) is 0 Å². The molecule has 0 aliphatic heterocycles. The van der Waals surface area contributed by atoms with Crippen LogP contribution in [0.5, 0.6) is 0 Å². The Bertz CT molecular complexity index is 618. The van der Waals surface area contributed by atoms with E-state index in [1.54, 1.807) is 25.2 Å². The van der Waals surface area contributed by atoms with Gasteiger partial charge in [0.2, 0.25) is 0 Å². The number of rotatable bonds is 4. The fourth-order valence-electron chi connectivity index (χ4n) is 2.91. The molecule has 1 unspecified atom stereocenters. The van der Waals surface area contributed by atoms with Crippen molar-refractivity contribution in [2.45, 2.75) is 64.0 Å². The molecule has 0 saturated heterocycles. The summed E-state index contributed by atoms with van der Waals surface area (Å²) in [5.74, 6) is 0.981. The Hall–Kier alpha value is -0.780. The Labute approximate surface area is 145 Å². The van der Waals surface area contributed by atoms with Crippen molar-refractivity contribution in [2.24, 2.45) is 5.92 Å². The summed E-state index contributed by atoms with van der Waals surface area (Å²) in [5.41, 5.74) is 4.58. The highest BCUT2D eigenvalue weighted by Gasteiger charge is 2.13. The van der Waals surface area contributed by atoms with Gasteiger partial charge in [0.25, 0.3) is 0 Å². The SMILES string of the molecule is CC(C)S(=O)[O-].c1nc2cc(CCC3CCCCC3)ccc2s1. The average Bonchev–Trinajstić information content (AvgIpc) is 3.02. The van der Waals surface area contributed by atoms with Gasteiger partial charge < -0.3 is 4.55 Å². The first-order valence-electron chi connectivity index (χ1n) is 8.46. The van der Waals surface area contributed by atoms with Crippen molar-refractivity contribution in [3.8, 4) is 0 Å². The third kappa shape index (κ3) is 6.32. The summed E-state index contributed by atoms with van der Waals surface area (Å²) in [4.78, 5) is 4.39. The number of aromatic nitrogens is 1. The molecule has 2 aromatic rings. The second-order valence-electron chi connectivity index (χ2n) is 6.51. The molecule has 5 heteroatoms. The Balaban J connectivity index is 0.000000277. The van der Waals surface area contributed by atoms with E-state index in [1.807, 2.05) is 5.51 Å². The first-order valence-corrected chi connectivity index (χ1v) is 10.5. The van der Waals surface area contributed by atoms with Gasteiger partial charge in [-0.25, -0.2) is 4.98 Å². The van der Waals surface area contributed by atoms with Gasteiger partial charge in [-0.2, -0.15) is 0 Å². The van der Waals surface area contributed by atoms with Crippen molar-refractivity contribution >= 4 is 32.6 Å². The Morgan fingerprint density at radius 3 is 2.65 bits per heavy atom. The summed E-state index contributed by atoms with van der Waals surface area (Å²) in [5, 5.41) is -0.231. The van der Waals surface area contributed by atoms with Crippen molar-refractivity contribution in [3.05, 3.63) is 29.3 Å². The van der Waals surface area contributed by atoms with Crippen molar-refractivity contribution in [2.75, 3.05) is 0 Å². The molecule has 0 bridgehead atoms. The van der Waals surface area contributed by atoms with Crippen LogP contribution in [-0.4, -0.2) is 19.0 Å². The second kappa shape index (κ2) is 9.50. The highest BCUT2D eigenvalue weighted by molar-refractivity contribution is 7.79. The third-order valence-corrected chi connectivity index (χ3v) is 5.93. The Morgan fingerprint density at radius 2 is 2.00 bits per heavy atom. The minimum atomic E-state index is -1.87. The summed E-state index contributed by atoms with van der Waals surface area (Å²) >= 11 is -0.136. The molecule has 1 aliphatic carbocycles. The molecule has 0 radical (unpaired) electrons. The number of nitrogens with zero attached hydrogens (tertiary/aromatic N) is 1. The van der Waals surface area contributed by atoms with Crippen LogP contribution in [-0.2, 0) is 17.5 Å². The molecule has 1 heterocycles. The first kappa shape index (κ1) is 18.6. The van der Waals surface area contributed by atoms with Gasteiger partial charge in [0.05, 0.1) is 15.7 Å². The van der Waals surface area contributed by atoms with Crippen molar-refractivity contribution in [1.82, 2.24) is 4.98 Å². The monoisotopic (exact) mass is 352 g/mol. The average molecular weight is 353 g/mol. The number of hydrogen-bond donors (Lipinski definition) is 0. The van der Waals surface area contributed by atoms with Crippen LogP contribution in [0.15, 0.2) is 23.7 Å². The van der Waals surface area contributed by atoms with Gasteiger partial charge in [-0.15, -0.1) is 11.3 Å². The van der Waals surface area contributed by atoms with Gasteiger partial charge in [-0.05, 0) is 36.5 Å². The number of benzene rings is 1. The van der Waals surface area contributed by atoms with Gasteiger partial charge in [-0.3, -0.25) is 4.21 Å². The van der Waals surface area contributed by atoms with E-state index in [9.17, 15) is 8.76 Å². The molecular formula is C18H26NO2S2-. The maximum atomic E-state index is 9.70. The predicted octanol–water partition coefficient (Wildman–Crippen LogP) is 5.08. The molecule has 1 atom stereocenters. The fourth-order valence-corrected chi connectivity index (χ4v) is 3.56. The van der Waals surface area contributed by atoms with Crippen LogP contribution in [0.2, 0.25) is 0 Å². The lowest BCUT2D eigenvalue weighted by Gasteiger charge is -2.21. The number of fused-ring (bicyclic) bond motifs is 1. The lowest BCUT2D eigenvalue weighted by molar-refractivity contribution is 0.339. The van der Waals surface area contributed by atoms with Crippen LogP contribution in [0.1, 0.15) is 57.9 Å². The molecule has 0 spiro atoms. The predicted molar refractivity (Wildman–Crippen MR) is 98.6 cm³/mol. The summed E-state index contributed by atoms with van der Waals surface area (Å²) in [6, 6.07) is 6.78. The zero-order chi connectivity index (χ0) is 16.7. The van der Waals surface area contributed by atoms with Crippen molar-refractivity contribution in [3.63, 3.8) is 0 Å². The van der Waals surface area contributed by atoms with Crippen LogP contribution in [0.3, 0.4) is 0 Å². The van der Waals surface area contributed by atoms with E-state index in [4.69, 9.17) is 0 Å². The van der Waals surface area contributed by atoms with Gasteiger partial charge in [-0.1, -0.05) is 63.1 Å². The molecule has 23 heavy (non-hydrogen) atoms. The molecule has 1 aliphatic rings. The standard InChI is InChI=1S/C15H19NS.C3H8O2S/c1-2-4-12(5-3-1)6-7-13-8-9-15-14(10-13)16-11-17-15;1-3(2)6(4)5/h8-12H,1-7H2;3H,1-2H3,(H,4,5)/p-1. The van der Waals surface area contributed by atoms with Gasteiger partial charge in [0.15, 0.2) is 0 Å². The first-order chi connectivity index (χ1) is 11.1. The van der Waals surface area contributed by atoms with Gasteiger partial charge >= 0.3 is 0 Å². The minimum absolute atomic E-state index is 0.231. The van der Waals surface area contributed by atoms with Crippen LogP contribution >= 0.6 is 11.3 Å². The molecule has 1 saturated carbocycles. The third-order valence-electron chi connectivity index (χ3n) is 4.35. The summed E-state index contributed by atoms with van der Waals surface area (Å²) in [6.45, 7) is 3.26. The van der Waals surface area contributed by atoms with E-state index in [2.05, 4.69) is 23.2 Å². The maximum absolute atomic E-state index is 9.70. The molecular weight excluding hydrogens is 326 g/mol. The smallest absolute Gasteiger partial charge is 0.0814 e. The number of thiazole rings is 1. The molecule has 0 N–H and O–H groups in total. The zero-order valence-corrected chi connectivity index (χ0v) is 15.6. The molecule has 3 rings (SSSR count). The van der Waals surface area contributed by atoms with E-state index in [-0.39, 0.29) is 5.25 Å². The molecule has 0 amide bonds. The summed E-state index contributed by atoms with van der Waals surface area (Å²) in [7, 11) is 0. The zero-order valence-electron chi connectivity index (χ0n) is 14.0. The lowest BCUT2D eigenvalue weighted by Crippen LogP contribution is -2.07. The van der Waals surface area contributed by atoms with Gasteiger partial charge in [0, 0.05) is 5.25 Å². The van der Waals surface area contributed by atoms with E-state index in [0.29, 0.717) is 0 Å². The summed E-state index contributed by atoms with van der Waals surface area (Å²) in [6.07, 6.45) is 9.89.